The zero-order valence-electron chi connectivity index (χ0n) is 21.0. The fraction of sp³-hybridized carbons (Fsp3) is 0.185. The predicted octanol–water partition coefficient (Wildman–Crippen LogP) is 3.19. The molecule has 0 saturated heterocycles. The van der Waals surface area contributed by atoms with Gasteiger partial charge in [-0.1, -0.05) is 41.9 Å². The number of hydrogen-bond acceptors (Lipinski definition) is 7. The average molecular weight is 548 g/mol. The Morgan fingerprint density at radius 1 is 1.03 bits per heavy atom. The number of tetrazole rings is 1. The summed E-state index contributed by atoms with van der Waals surface area (Å²) in [5, 5.41) is 20.1. The minimum absolute atomic E-state index is 0.295. The second-order valence-electron chi connectivity index (χ2n) is 8.48. The Hall–Kier alpha value is -4.77. The zero-order valence-corrected chi connectivity index (χ0v) is 21.8. The van der Waals surface area contributed by atoms with Crippen LogP contribution < -0.4 is 16.0 Å². The van der Waals surface area contributed by atoms with E-state index in [4.69, 9.17) is 11.6 Å². The largest absolute Gasteiger partial charge is 0.453 e. The molecule has 11 nitrogen and oxygen atoms in total. The normalized spacial score (nSPS) is 11.3. The average Bonchev–Trinajstić information content (AvgIpc) is 3.48. The van der Waals surface area contributed by atoms with E-state index in [2.05, 4.69) is 36.2 Å². The van der Waals surface area contributed by atoms with Gasteiger partial charge in [-0.3, -0.25) is 14.9 Å². The Balaban J connectivity index is 1.43. The molecule has 200 valence electrons. The molecule has 0 aliphatic rings. The van der Waals surface area contributed by atoms with Crippen LogP contribution in [0.4, 0.5) is 10.5 Å². The number of methoxy groups -OCH3 is 1. The highest BCUT2D eigenvalue weighted by Crippen LogP contribution is 2.19. The van der Waals surface area contributed by atoms with Gasteiger partial charge in [-0.15, -0.1) is 5.10 Å². The highest BCUT2D eigenvalue weighted by Gasteiger charge is 2.22. The standard InChI is InChI=1S/C27H26ClN7O4/c1-39-27(38)31-22-10-7-19(8-11-22)25(36)32-23(15-18-5-3-2-4-6-18)26(37)29-14-13-20-16-21(28)9-12-24(20)35-17-30-33-34-35/h2-12,16-17,23H,13-15H2,1H3,(H,29,37)(H,31,38)(H,32,36). The first kappa shape index (κ1) is 27.3. The number of rotatable bonds is 10. The fourth-order valence-corrected chi connectivity index (χ4v) is 4.06. The molecule has 12 heteroatoms. The summed E-state index contributed by atoms with van der Waals surface area (Å²) in [6, 6.07) is 20.2. The summed E-state index contributed by atoms with van der Waals surface area (Å²) in [5.41, 5.74) is 3.30. The molecule has 0 aliphatic heterocycles. The summed E-state index contributed by atoms with van der Waals surface area (Å²) in [7, 11) is 1.26. The van der Waals surface area contributed by atoms with Crippen molar-refractivity contribution in [1.82, 2.24) is 30.8 Å². The number of halogens is 1. The lowest BCUT2D eigenvalue weighted by Gasteiger charge is -2.19. The third-order valence-electron chi connectivity index (χ3n) is 5.81. The first-order valence-electron chi connectivity index (χ1n) is 12.0. The molecule has 0 saturated carbocycles. The summed E-state index contributed by atoms with van der Waals surface area (Å²) in [6.07, 6.45) is 1.62. The van der Waals surface area contributed by atoms with Crippen LogP contribution in [0.15, 0.2) is 79.1 Å². The molecule has 0 aliphatic carbocycles. The molecule has 4 rings (SSSR count). The number of hydrogen-bond donors (Lipinski definition) is 3. The van der Waals surface area contributed by atoms with E-state index >= 15 is 0 Å². The van der Waals surface area contributed by atoms with Crippen molar-refractivity contribution in [2.75, 3.05) is 19.0 Å². The number of anilines is 1. The monoisotopic (exact) mass is 547 g/mol. The second-order valence-corrected chi connectivity index (χ2v) is 8.91. The number of nitrogens with zero attached hydrogens (tertiary/aromatic N) is 4. The van der Waals surface area contributed by atoms with Gasteiger partial charge in [0.2, 0.25) is 5.91 Å². The molecule has 1 aromatic heterocycles. The maximum atomic E-state index is 13.2. The summed E-state index contributed by atoms with van der Waals surface area (Å²) in [5.74, 6) is -0.756. The lowest BCUT2D eigenvalue weighted by Crippen LogP contribution is -2.48. The Morgan fingerprint density at radius 2 is 1.79 bits per heavy atom. The van der Waals surface area contributed by atoms with Crippen molar-refractivity contribution in [3.8, 4) is 5.69 Å². The topological polar surface area (TPSA) is 140 Å². The van der Waals surface area contributed by atoms with E-state index < -0.39 is 18.0 Å². The van der Waals surface area contributed by atoms with Crippen molar-refractivity contribution in [3.05, 3.63) is 101 Å². The minimum Gasteiger partial charge on any atom is -0.453 e. The highest BCUT2D eigenvalue weighted by molar-refractivity contribution is 6.30. The second kappa shape index (κ2) is 13.2. The van der Waals surface area contributed by atoms with Gasteiger partial charge in [0, 0.05) is 29.2 Å². The maximum absolute atomic E-state index is 13.2. The van der Waals surface area contributed by atoms with Gasteiger partial charge in [0.15, 0.2) is 0 Å². The molecule has 39 heavy (non-hydrogen) atoms. The van der Waals surface area contributed by atoms with Gasteiger partial charge in [0.1, 0.15) is 12.4 Å². The molecule has 1 heterocycles. The number of ether oxygens (including phenoxy) is 1. The number of nitrogens with one attached hydrogen (secondary N) is 3. The van der Waals surface area contributed by atoms with Gasteiger partial charge in [0.25, 0.3) is 5.91 Å². The minimum atomic E-state index is -0.828. The Labute approximate surface area is 229 Å². The summed E-state index contributed by atoms with van der Waals surface area (Å²) < 4.78 is 6.09. The van der Waals surface area contributed by atoms with Gasteiger partial charge in [0.05, 0.1) is 12.8 Å². The van der Waals surface area contributed by atoms with Crippen molar-refractivity contribution < 1.29 is 19.1 Å². The molecule has 4 aromatic rings. The molecule has 1 unspecified atom stereocenters. The maximum Gasteiger partial charge on any atom is 0.411 e. The number of benzene rings is 3. The van der Waals surface area contributed by atoms with E-state index in [0.717, 1.165) is 16.8 Å². The first-order valence-corrected chi connectivity index (χ1v) is 12.4. The molecule has 0 bridgehead atoms. The molecular formula is C27H26ClN7O4. The first-order chi connectivity index (χ1) is 18.9. The van der Waals surface area contributed by atoms with Crippen molar-refractivity contribution in [1.29, 1.82) is 0 Å². The van der Waals surface area contributed by atoms with Crippen LogP contribution in [0.5, 0.6) is 0 Å². The van der Waals surface area contributed by atoms with Crippen LogP contribution >= 0.6 is 11.6 Å². The van der Waals surface area contributed by atoms with E-state index in [1.807, 2.05) is 30.3 Å². The number of carbonyl (C=O) groups excluding carboxylic acids is 3. The summed E-state index contributed by atoms with van der Waals surface area (Å²) >= 11 is 6.20. The Morgan fingerprint density at radius 3 is 2.49 bits per heavy atom. The summed E-state index contributed by atoms with van der Waals surface area (Å²) in [6.45, 7) is 0.295. The SMILES string of the molecule is COC(=O)Nc1ccc(C(=O)NC(Cc2ccccc2)C(=O)NCCc2cc(Cl)ccc2-n2cnnn2)cc1. The van der Waals surface area contributed by atoms with Gasteiger partial charge in [-0.25, -0.2) is 9.48 Å². The predicted molar refractivity (Wildman–Crippen MR) is 145 cm³/mol. The highest BCUT2D eigenvalue weighted by atomic mass is 35.5. The van der Waals surface area contributed by atoms with Gasteiger partial charge >= 0.3 is 6.09 Å². The number of carbonyl (C=O) groups is 3. The fourth-order valence-electron chi connectivity index (χ4n) is 3.87. The van der Waals surface area contributed by atoms with Crippen LogP contribution in [0.3, 0.4) is 0 Å². The quantitative estimate of drug-likeness (QED) is 0.277. The Kier molecular flexibility index (Phi) is 9.20. The molecule has 1 atom stereocenters. The van der Waals surface area contributed by atoms with E-state index in [1.165, 1.54) is 18.1 Å². The van der Waals surface area contributed by atoms with E-state index in [-0.39, 0.29) is 5.91 Å². The molecule has 0 spiro atoms. The molecule has 3 amide bonds. The lowest BCUT2D eigenvalue weighted by atomic mass is 10.0. The van der Waals surface area contributed by atoms with Gasteiger partial charge in [-0.05, 0) is 70.4 Å². The van der Waals surface area contributed by atoms with Crippen molar-refractivity contribution in [2.24, 2.45) is 0 Å². The number of amides is 3. The van der Waals surface area contributed by atoms with Crippen molar-refractivity contribution in [2.45, 2.75) is 18.9 Å². The van der Waals surface area contributed by atoms with E-state index in [1.54, 1.807) is 42.5 Å². The van der Waals surface area contributed by atoms with Crippen molar-refractivity contribution >= 4 is 35.2 Å². The summed E-state index contributed by atoms with van der Waals surface area (Å²) in [4.78, 5) is 37.6. The molecule has 0 fully saturated rings. The van der Waals surface area contributed by atoms with Gasteiger partial charge < -0.3 is 15.4 Å². The van der Waals surface area contributed by atoms with Crippen LogP contribution in [0.2, 0.25) is 5.02 Å². The smallest absolute Gasteiger partial charge is 0.411 e. The Bertz CT molecular complexity index is 1410. The zero-order chi connectivity index (χ0) is 27.6. The van der Waals surface area contributed by atoms with Gasteiger partial charge in [-0.2, -0.15) is 0 Å². The number of aromatic nitrogens is 4. The molecular weight excluding hydrogens is 522 g/mol. The molecule has 3 aromatic carbocycles. The molecule has 3 N–H and O–H groups in total. The van der Waals surface area contributed by atoms with E-state index in [9.17, 15) is 14.4 Å². The van der Waals surface area contributed by atoms with Crippen LogP contribution in [-0.2, 0) is 22.4 Å². The third-order valence-corrected chi connectivity index (χ3v) is 6.05. The van der Waals surface area contributed by atoms with E-state index in [0.29, 0.717) is 35.7 Å². The molecule has 0 radical (unpaired) electrons. The van der Waals surface area contributed by atoms with Crippen LogP contribution in [-0.4, -0.2) is 57.8 Å². The van der Waals surface area contributed by atoms with Crippen LogP contribution in [0.25, 0.3) is 5.69 Å². The van der Waals surface area contributed by atoms with Crippen molar-refractivity contribution in [3.63, 3.8) is 0 Å². The third kappa shape index (κ3) is 7.62. The lowest BCUT2D eigenvalue weighted by molar-refractivity contribution is -0.122. The van der Waals surface area contributed by atoms with Crippen LogP contribution in [0, 0.1) is 0 Å². The van der Waals surface area contributed by atoms with Crippen LogP contribution in [0.1, 0.15) is 21.5 Å².